The Bertz CT molecular complexity index is 496. The zero-order valence-corrected chi connectivity index (χ0v) is 14.0. The normalized spacial score (nSPS) is 18.5. The van der Waals surface area contributed by atoms with E-state index in [1.54, 1.807) is 0 Å². The van der Waals surface area contributed by atoms with Crippen LogP contribution in [0, 0.1) is 6.92 Å². The summed E-state index contributed by atoms with van der Waals surface area (Å²) in [6.45, 7) is 4.29. The van der Waals surface area contributed by atoms with E-state index in [0.717, 1.165) is 29.7 Å². The van der Waals surface area contributed by atoms with Gasteiger partial charge in [0, 0.05) is 5.56 Å². The maximum atomic E-state index is 9.31. The Morgan fingerprint density at radius 2 is 1.73 bits per heavy atom. The molecule has 1 N–H and O–H groups in total. The number of benzene rings is 1. The van der Waals surface area contributed by atoms with E-state index >= 15 is 0 Å². The Labute approximate surface area is 134 Å². The van der Waals surface area contributed by atoms with Crippen LogP contribution in [-0.4, -0.2) is 17.0 Å². The van der Waals surface area contributed by atoms with E-state index in [1.807, 2.05) is 25.1 Å². The first-order valence-corrected chi connectivity index (χ1v) is 8.76. The lowest BCUT2D eigenvalue weighted by Crippen LogP contribution is -2.21. The maximum Gasteiger partial charge on any atom is 0.145 e. The molecule has 1 aliphatic heterocycles. The first kappa shape index (κ1) is 16.9. The summed E-state index contributed by atoms with van der Waals surface area (Å²) < 4.78 is 5.93. The molecule has 0 amide bonds. The molecular weight excluding hydrogens is 274 g/mol. The molecule has 122 valence electrons. The highest BCUT2D eigenvalue weighted by molar-refractivity contribution is 6.08. The summed E-state index contributed by atoms with van der Waals surface area (Å²) in [5, 5.41) is 12.8. The van der Waals surface area contributed by atoms with Gasteiger partial charge in [0.25, 0.3) is 0 Å². The van der Waals surface area contributed by atoms with Crippen molar-refractivity contribution in [2.75, 3.05) is 0 Å². The van der Waals surface area contributed by atoms with Gasteiger partial charge in [-0.25, -0.2) is 0 Å². The quantitative estimate of drug-likeness (QED) is 0.373. The lowest BCUT2D eigenvalue weighted by atomic mass is 10.0. The van der Waals surface area contributed by atoms with Gasteiger partial charge in [0.05, 0.1) is 0 Å². The molecular formula is C19H29NO2. The van der Waals surface area contributed by atoms with E-state index < -0.39 is 0 Å². The predicted molar refractivity (Wildman–Crippen MR) is 91.1 cm³/mol. The van der Waals surface area contributed by atoms with Gasteiger partial charge in [-0.2, -0.15) is 0 Å². The molecule has 0 spiro atoms. The van der Waals surface area contributed by atoms with Crippen LogP contribution < -0.4 is 4.74 Å². The summed E-state index contributed by atoms with van der Waals surface area (Å²) in [7, 11) is 0. The van der Waals surface area contributed by atoms with E-state index in [-0.39, 0.29) is 6.10 Å². The second-order valence-corrected chi connectivity index (χ2v) is 6.35. The lowest BCUT2D eigenvalue weighted by Gasteiger charge is -2.10. The summed E-state index contributed by atoms with van der Waals surface area (Å²) >= 11 is 0. The van der Waals surface area contributed by atoms with Gasteiger partial charge >= 0.3 is 0 Å². The van der Waals surface area contributed by atoms with Gasteiger partial charge in [-0.1, -0.05) is 68.7 Å². The van der Waals surface area contributed by atoms with Gasteiger partial charge in [-0.3, -0.25) is 0 Å². The van der Waals surface area contributed by atoms with Crippen molar-refractivity contribution in [3.63, 3.8) is 0 Å². The summed E-state index contributed by atoms with van der Waals surface area (Å²) in [6.07, 6.45) is 11.3. The van der Waals surface area contributed by atoms with Crippen molar-refractivity contribution in [1.29, 1.82) is 0 Å². The van der Waals surface area contributed by atoms with Gasteiger partial charge in [0.1, 0.15) is 17.6 Å². The molecule has 22 heavy (non-hydrogen) atoms. The second-order valence-electron chi connectivity index (χ2n) is 6.35. The van der Waals surface area contributed by atoms with Gasteiger partial charge in [0.15, 0.2) is 0 Å². The monoisotopic (exact) mass is 303 g/mol. The van der Waals surface area contributed by atoms with Gasteiger partial charge in [-0.15, -0.1) is 0 Å². The van der Waals surface area contributed by atoms with Crippen LogP contribution in [0.5, 0.6) is 5.75 Å². The van der Waals surface area contributed by atoms with Crippen molar-refractivity contribution >= 4 is 5.71 Å². The molecule has 0 fully saturated rings. The molecule has 0 bridgehead atoms. The minimum absolute atomic E-state index is 0.0816. The average molecular weight is 303 g/mol. The first-order chi connectivity index (χ1) is 10.8. The fourth-order valence-electron chi connectivity index (χ4n) is 3.11. The highest BCUT2D eigenvalue weighted by Gasteiger charge is 2.30. The standard InChI is InChI=1S/C19H29NO2/c1-3-4-5-6-7-8-9-10-11-18-19(20-21)16-14-15(2)12-13-17(16)22-18/h12-14,18,21H,3-11H2,1-2H3/b20-19-. The van der Waals surface area contributed by atoms with Crippen LogP contribution in [0.4, 0.5) is 0 Å². The SMILES string of the molecule is CCCCCCCCCCC1Oc2ccc(C)cc2/C1=N/O. The molecule has 0 radical (unpaired) electrons. The van der Waals surface area contributed by atoms with E-state index in [1.165, 1.54) is 44.9 Å². The van der Waals surface area contributed by atoms with Crippen molar-refractivity contribution in [2.24, 2.45) is 5.16 Å². The predicted octanol–water partition coefficient (Wildman–Crippen LogP) is 5.47. The molecule has 0 aromatic heterocycles. The van der Waals surface area contributed by atoms with E-state index in [9.17, 15) is 5.21 Å². The number of fused-ring (bicyclic) bond motifs is 1. The molecule has 1 aliphatic rings. The molecule has 1 aromatic rings. The molecule has 2 rings (SSSR count). The minimum Gasteiger partial charge on any atom is -0.483 e. The summed E-state index contributed by atoms with van der Waals surface area (Å²) in [4.78, 5) is 0. The lowest BCUT2D eigenvalue weighted by molar-refractivity contribution is 0.254. The molecule has 1 aromatic carbocycles. The van der Waals surface area contributed by atoms with Crippen LogP contribution in [-0.2, 0) is 0 Å². The molecule has 3 nitrogen and oxygen atoms in total. The molecule has 1 heterocycles. The second kappa shape index (κ2) is 8.82. The molecule has 0 saturated carbocycles. The summed E-state index contributed by atoms with van der Waals surface area (Å²) in [5.74, 6) is 0.850. The van der Waals surface area contributed by atoms with Crippen LogP contribution in [0.2, 0.25) is 0 Å². The Hall–Kier alpha value is -1.51. The van der Waals surface area contributed by atoms with Crippen molar-refractivity contribution < 1.29 is 9.94 Å². The molecule has 0 saturated heterocycles. The van der Waals surface area contributed by atoms with Crippen LogP contribution in [0.15, 0.2) is 23.4 Å². The Kier molecular flexibility index (Phi) is 6.75. The smallest absolute Gasteiger partial charge is 0.145 e. The van der Waals surface area contributed by atoms with Crippen LogP contribution in [0.1, 0.15) is 75.8 Å². The Balaban J connectivity index is 1.71. The van der Waals surface area contributed by atoms with Crippen LogP contribution >= 0.6 is 0 Å². The zero-order valence-electron chi connectivity index (χ0n) is 14.0. The first-order valence-electron chi connectivity index (χ1n) is 8.76. The van der Waals surface area contributed by atoms with E-state index in [4.69, 9.17) is 4.74 Å². The summed E-state index contributed by atoms with van der Waals surface area (Å²) in [5.41, 5.74) is 2.81. The maximum absolute atomic E-state index is 9.31. The number of hydrogen-bond donors (Lipinski definition) is 1. The third-order valence-electron chi connectivity index (χ3n) is 4.41. The van der Waals surface area contributed by atoms with Gasteiger partial charge in [-0.05, 0) is 31.9 Å². The molecule has 0 aliphatic carbocycles. The Morgan fingerprint density at radius 3 is 2.41 bits per heavy atom. The van der Waals surface area contributed by atoms with E-state index in [0.29, 0.717) is 5.71 Å². The van der Waals surface area contributed by atoms with Crippen LogP contribution in [0.25, 0.3) is 0 Å². The number of oxime groups is 1. The van der Waals surface area contributed by atoms with Crippen molar-refractivity contribution in [2.45, 2.75) is 77.7 Å². The number of unbranched alkanes of at least 4 members (excludes halogenated alkanes) is 7. The third kappa shape index (κ3) is 4.49. The van der Waals surface area contributed by atoms with Crippen molar-refractivity contribution in [3.05, 3.63) is 29.3 Å². The topological polar surface area (TPSA) is 41.8 Å². The average Bonchev–Trinajstić information content (AvgIpc) is 2.86. The number of nitrogens with zero attached hydrogens (tertiary/aromatic N) is 1. The number of hydrogen-bond acceptors (Lipinski definition) is 3. The highest BCUT2D eigenvalue weighted by Crippen LogP contribution is 2.32. The zero-order chi connectivity index (χ0) is 15.8. The number of aryl methyl sites for hydroxylation is 1. The highest BCUT2D eigenvalue weighted by atomic mass is 16.5. The minimum atomic E-state index is -0.0816. The third-order valence-corrected chi connectivity index (χ3v) is 4.41. The summed E-state index contributed by atoms with van der Waals surface area (Å²) in [6, 6.07) is 6.05. The Morgan fingerprint density at radius 1 is 1.05 bits per heavy atom. The molecule has 3 heteroatoms. The number of rotatable bonds is 9. The van der Waals surface area contributed by atoms with Gasteiger partial charge in [0.2, 0.25) is 0 Å². The van der Waals surface area contributed by atoms with Crippen molar-refractivity contribution in [1.82, 2.24) is 0 Å². The van der Waals surface area contributed by atoms with Gasteiger partial charge < -0.3 is 9.94 Å². The van der Waals surface area contributed by atoms with E-state index in [2.05, 4.69) is 12.1 Å². The largest absolute Gasteiger partial charge is 0.483 e. The fraction of sp³-hybridized carbons (Fsp3) is 0.632. The molecule has 1 atom stereocenters. The molecule has 1 unspecified atom stereocenters. The van der Waals surface area contributed by atoms with Crippen molar-refractivity contribution in [3.8, 4) is 5.75 Å². The fourth-order valence-corrected chi connectivity index (χ4v) is 3.11. The number of ether oxygens (including phenoxy) is 1. The van der Waals surface area contributed by atoms with Crippen LogP contribution in [0.3, 0.4) is 0 Å².